The Morgan fingerprint density at radius 2 is 1.83 bits per heavy atom. The highest BCUT2D eigenvalue weighted by molar-refractivity contribution is 5.63. The Morgan fingerprint density at radius 3 is 2.39 bits per heavy atom. The maximum atomic E-state index is 12.6. The van der Waals surface area contributed by atoms with Crippen LogP contribution in [0.4, 0.5) is 24.5 Å². The lowest BCUT2D eigenvalue weighted by Gasteiger charge is -2.11. The van der Waals surface area contributed by atoms with Gasteiger partial charge in [-0.05, 0) is 12.1 Å². The first-order valence-electron chi connectivity index (χ1n) is 6.81. The molecule has 0 aliphatic carbocycles. The molecule has 0 heterocycles. The molecule has 0 fully saturated rings. The summed E-state index contributed by atoms with van der Waals surface area (Å²) in [6.07, 6.45) is -4.57. The average Bonchev–Trinajstić information content (AvgIpc) is 2.48. The third-order valence-electron chi connectivity index (χ3n) is 2.72. The number of halogens is 3. The highest BCUT2D eigenvalue weighted by atomic mass is 19.4. The smallest absolute Gasteiger partial charge is 0.378 e. The Morgan fingerprint density at radius 1 is 1.17 bits per heavy atom. The second kappa shape index (κ2) is 9.28. The van der Waals surface area contributed by atoms with Crippen LogP contribution in [0.5, 0.6) is 0 Å². The normalized spacial score (nSPS) is 11.5. The van der Waals surface area contributed by atoms with Crippen molar-refractivity contribution in [2.24, 2.45) is 5.73 Å². The lowest BCUT2D eigenvalue weighted by molar-refractivity contribution is -0.384. The standard InChI is InChI=1S/C13H18F3N3O4/c14-13(15,16)10-1-2-12(19(20)21)11(9-10)18-4-6-23-8-7-22-5-3-17/h1-2,9,18H,3-8,17H2. The van der Waals surface area contributed by atoms with Gasteiger partial charge in [0, 0.05) is 19.2 Å². The zero-order valence-corrected chi connectivity index (χ0v) is 12.3. The van der Waals surface area contributed by atoms with Crippen molar-refractivity contribution < 1.29 is 27.6 Å². The number of ether oxygens (including phenoxy) is 2. The van der Waals surface area contributed by atoms with Crippen molar-refractivity contribution in [1.82, 2.24) is 0 Å². The van der Waals surface area contributed by atoms with E-state index in [1.807, 2.05) is 0 Å². The number of alkyl halides is 3. The largest absolute Gasteiger partial charge is 0.416 e. The zero-order valence-electron chi connectivity index (χ0n) is 12.3. The molecule has 3 N–H and O–H groups in total. The number of nitrogens with one attached hydrogen (secondary N) is 1. The monoisotopic (exact) mass is 337 g/mol. The number of nitrogens with zero attached hydrogens (tertiary/aromatic N) is 1. The van der Waals surface area contributed by atoms with Crippen molar-refractivity contribution in [3.8, 4) is 0 Å². The molecule has 0 atom stereocenters. The molecule has 0 amide bonds. The van der Waals surface area contributed by atoms with Crippen LogP contribution in [0.15, 0.2) is 18.2 Å². The average molecular weight is 337 g/mol. The van der Waals surface area contributed by atoms with Gasteiger partial charge in [-0.15, -0.1) is 0 Å². The number of nitro benzene ring substituents is 1. The maximum Gasteiger partial charge on any atom is 0.416 e. The van der Waals surface area contributed by atoms with Crippen LogP contribution in [0.3, 0.4) is 0 Å². The minimum Gasteiger partial charge on any atom is -0.378 e. The van der Waals surface area contributed by atoms with Crippen LogP contribution in [0, 0.1) is 10.1 Å². The number of hydrogen-bond acceptors (Lipinski definition) is 6. The van der Waals surface area contributed by atoms with Crippen molar-refractivity contribution >= 4 is 11.4 Å². The topological polar surface area (TPSA) is 99.7 Å². The highest BCUT2D eigenvalue weighted by Gasteiger charge is 2.32. The van der Waals surface area contributed by atoms with Crippen molar-refractivity contribution in [2.75, 3.05) is 44.8 Å². The first-order valence-corrected chi connectivity index (χ1v) is 6.81. The molecule has 130 valence electrons. The second-order valence-corrected chi connectivity index (χ2v) is 4.43. The summed E-state index contributed by atoms with van der Waals surface area (Å²) in [6, 6.07) is 2.21. The Kier molecular flexibility index (Phi) is 7.72. The van der Waals surface area contributed by atoms with E-state index in [1.54, 1.807) is 0 Å². The van der Waals surface area contributed by atoms with Crippen molar-refractivity contribution in [1.29, 1.82) is 0 Å². The molecule has 23 heavy (non-hydrogen) atoms. The summed E-state index contributed by atoms with van der Waals surface area (Å²) < 4.78 is 48.2. The van der Waals surface area contributed by atoms with E-state index >= 15 is 0 Å². The van der Waals surface area contributed by atoms with E-state index in [9.17, 15) is 23.3 Å². The molecule has 1 aromatic carbocycles. The summed E-state index contributed by atoms with van der Waals surface area (Å²) in [4.78, 5) is 10.1. The predicted molar refractivity (Wildman–Crippen MR) is 77.3 cm³/mol. The molecule has 7 nitrogen and oxygen atoms in total. The van der Waals surface area contributed by atoms with E-state index in [4.69, 9.17) is 15.2 Å². The summed E-state index contributed by atoms with van der Waals surface area (Å²) in [5.74, 6) is 0. The lowest BCUT2D eigenvalue weighted by atomic mass is 10.1. The van der Waals surface area contributed by atoms with Gasteiger partial charge in [-0.3, -0.25) is 10.1 Å². The van der Waals surface area contributed by atoms with Gasteiger partial charge in [-0.2, -0.15) is 13.2 Å². The van der Waals surface area contributed by atoms with Gasteiger partial charge in [0.1, 0.15) is 5.69 Å². The van der Waals surface area contributed by atoms with Gasteiger partial charge in [-0.1, -0.05) is 0 Å². The fraction of sp³-hybridized carbons (Fsp3) is 0.538. The first-order chi connectivity index (χ1) is 10.9. The third-order valence-corrected chi connectivity index (χ3v) is 2.72. The van der Waals surface area contributed by atoms with Crippen LogP contribution in [0.1, 0.15) is 5.56 Å². The Balaban J connectivity index is 2.52. The van der Waals surface area contributed by atoms with Gasteiger partial charge in [0.25, 0.3) is 5.69 Å². The van der Waals surface area contributed by atoms with Crippen molar-refractivity contribution in [3.63, 3.8) is 0 Å². The molecule has 1 aromatic rings. The highest BCUT2D eigenvalue weighted by Crippen LogP contribution is 2.34. The van der Waals surface area contributed by atoms with E-state index in [1.165, 1.54) is 0 Å². The van der Waals surface area contributed by atoms with Gasteiger partial charge in [0.05, 0.1) is 36.9 Å². The summed E-state index contributed by atoms with van der Waals surface area (Å²) in [5.41, 5.74) is 3.64. The fourth-order valence-corrected chi connectivity index (χ4v) is 1.68. The second-order valence-electron chi connectivity index (χ2n) is 4.43. The van der Waals surface area contributed by atoms with Gasteiger partial charge < -0.3 is 20.5 Å². The Labute approximate surface area is 130 Å². The summed E-state index contributed by atoms with van der Waals surface area (Å²) in [5, 5.41) is 13.4. The molecule has 0 saturated heterocycles. The number of benzene rings is 1. The summed E-state index contributed by atoms with van der Waals surface area (Å²) in [7, 11) is 0. The number of nitro groups is 1. The van der Waals surface area contributed by atoms with Crippen LogP contribution in [-0.4, -0.2) is 44.4 Å². The number of rotatable bonds is 10. The van der Waals surface area contributed by atoms with Gasteiger partial charge in [-0.25, -0.2) is 0 Å². The van der Waals surface area contributed by atoms with E-state index in [2.05, 4.69) is 5.32 Å². The summed E-state index contributed by atoms with van der Waals surface area (Å²) in [6.45, 7) is 1.75. The molecule has 0 saturated carbocycles. The molecular weight excluding hydrogens is 319 g/mol. The Bertz CT molecular complexity index is 512. The molecule has 0 aliphatic heterocycles. The fourth-order valence-electron chi connectivity index (χ4n) is 1.68. The van der Waals surface area contributed by atoms with E-state index in [0.717, 1.165) is 6.07 Å². The number of hydrogen-bond donors (Lipinski definition) is 2. The van der Waals surface area contributed by atoms with Crippen LogP contribution in [0.25, 0.3) is 0 Å². The minimum absolute atomic E-state index is 0.124. The molecular formula is C13H18F3N3O4. The summed E-state index contributed by atoms with van der Waals surface area (Å²) >= 11 is 0. The minimum atomic E-state index is -4.57. The van der Waals surface area contributed by atoms with Crippen molar-refractivity contribution in [2.45, 2.75) is 6.18 Å². The van der Waals surface area contributed by atoms with E-state index in [0.29, 0.717) is 38.5 Å². The molecule has 0 bridgehead atoms. The van der Waals surface area contributed by atoms with Gasteiger partial charge in [0.15, 0.2) is 0 Å². The Hall–Kier alpha value is -1.91. The van der Waals surface area contributed by atoms with Crippen LogP contribution in [-0.2, 0) is 15.7 Å². The molecule has 0 radical (unpaired) electrons. The van der Waals surface area contributed by atoms with E-state index < -0.39 is 22.4 Å². The van der Waals surface area contributed by atoms with Crippen LogP contribution >= 0.6 is 0 Å². The lowest BCUT2D eigenvalue weighted by Crippen LogP contribution is -2.15. The number of anilines is 1. The van der Waals surface area contributed by atoms with Gasteiger partial charge >= 0.3 is 6.18 Å². The molecule has 0 aliphatic rings. The number of nitrogens with two attached hydrogens (primary N) is 1. The van der Waals surface area contributed by atoms with Crippen LogP contribution in [0.2, 0.25) is 0 Å². The predicted octanol–water partition coefficient (Wildman–Crippen LogP) is 2.02. The van der Waals surface area contributed by atoms with Crippen molar-refractivity contribution in [3.05, 3.63) is 33.9 Å². The maximum absolute atomic E-state index is 12.6. The molecule has 10 heteroatoms. The molecule has 1 rings (SSSR count). The zero-order chi connectivity index (χ0) is 17.3. The SMILES string of the molecule is NCCOCCOCCNc1cc(C(F)(F)F)ccc1[N+](=O)[O-]. The molecule has 0 spiro atoms. The quantitative estimate of drug-likeness (QED) is 0.385. The third kappa shape index (κ3) is 6.80. The van der Waals surface area contributed by atoms with Crippen LogP contribution < -0.4 is 11.1 Å². The molecule has 0 aromatic heterocycles. The molecule has 0 unspecified atom stereocenters. The van der Waals surface area contributed by atoms with E-state index in [-0.39, 0.29) is 18.8 Å². The first kappa shape index (κ1) is 19.1. The van der Waals surface area contributed by atoms with Gasteiger partial charge in [0.2, 0.25) is 0 Å².